The first-order valence-electron chi connectivity index (χ1n) is 11.0. The SMILES string of the molecule is CNCCCNCCC(CN)c1ccc(C2=CC(C(F)(F)F)=CC(C)(C(C)(F)F)C2)cc1. The molecule has 2 atom stereocenters. The number of hydrogen-bond donors (Lipinski definition) is 3. The molecule has 8 heteroatoms. The molecule has 0 amide bonds. The molecule has 3 nitrogen and oxygen atoms in total. The largest absolute Gasteiger partial charge is 0.416 e. The Balaban J connectivity index is 2.16. The molecule has 0 saturated heterocycles. The molecule has 32 heavy (non-hydrogen) atoms. The zero-order valence-corrected chi connectivity index (χ0v) is 19.0. The summed E-state index contributed by atoms with van der Waals surface area (Å²) in [7, 11) is 1.91. The van der Waals surface area contributed by atoms with Crippen LogP contribution in [0, 0.1) is 5.41 Å². The van der Waals surface area contributed by atoms with Crippen molar-refractivity contribution < 1.29 is 22.0 Å². The van der Waals surface area contributed by atoms with Crippen molar-refractivity contribution in [3.8, 4) is 0 Å². The zero-order chi connectivity index (χ0) is 24.0. The van der Waals surface area contributed by atoms with Crippen molar-refractivity contribution in [3.05, 3.63) is 53.1 Å². The normalized spacial score (nSPS) is 20.7. The van der Waals surface area contributed by atoms with Crippen LogP contribution in [0.15, 0.2) is 42.0 Å². The highest BCUT2D eigenvalue weighted by atomic mass is 19.4. The zero-order valence-electron chi connectivity index (χ0n) is 19.0. The molecule has 0 aromatic heterocycles. The second-order valence-corrected chi connectivity index (χ2v) is 8.80. The van der Waals surface area contributed by atoms with Crippen LogP contribution in [0.3, 0.4) is 0 Å². The molecule has 0 aliphatic heterocycles. The van der Waals surface area contributed by atoms with Gasteiger partial charge in [-0.3, -0.25) is 0 Å². The van der Waals surface area contributed by atoms with Crippen molar-refractivity contribution in [1.29, 1.82) is 0 Å². The van der Waals surface area contributed by atoms with Crippen LogP contribution >= 0.6 is 0 Å². The first kappa shape index (κ1) is 26.5. The molecule has 1 aliphatic carbocycles. The van der Waals surface area contributed by atoms with Gasteiger partial charge in [-0.05, 0) is 88.1 Å². The lowest BCUT2D eigenvalue weighted by Gasteiger charge is -2.37. The van der Waals surface area contributed by atoms with E-state index in [2.05, 4.69) is 10.6 Å². The average molecular weight is 460 g/mol. The topological polar surface area (TPSA) is 50.1 Å². The maximum absolute atomic E-state index is 14.2. The Hall–Kier alpha value is -1.77. The third kappa shape index (κ3) is 6.86. The summed E-state index contributed by atoms with van der Waals surface area (Å²) in [5.74, 6) is -3.19. The summed E-state index contributed by atoms with van der Waals surface area (Å²) >= 11 is 0. The van der Waals surface area contributed by atoms with E-state index in [4.69, 9.17) is 5.73 Å². The van der Waals surface area contributed by atoms with Crippen molar-refractivity contribution in [1.82, 2.24) is 10.6 Å². The van der Waals surface area contributed by atoms with Crippen LogP contribution in [0.4, 0.5) is 22.0 Å². The number of hydrogen-bond acceptors (Lipinski definition) is 3. The van der Waals surface area contributed by atoms with Gasteiger partial charge in [-0.2, -0.15) is 13.2 Å². The number of benzene rings is 1. The van der Waals surface area contributed by atoms with E-state index in [0.717, 1.165) is 44.1 Å². The van der Waals surface area contributed by atoms with Crippen molar-refractivity contribution in [3.63, 3.8) is 0 Å². The Morgan fingerprint density at radius 2 is 1.72 bits per heavy atom. The van der Waals surface area contributed by atoms with Gasteiger partial charge in [0.05, 0.1) is 11.0 Å². The fourth-order valence-electron chi connectivity index (χ4n) is 3.88. The first-order chi connectivity index (χ1) is 14.9. The summed E-state index contributed by atoms with van der Waals surface area (Å²) in [6.07, 6.45) is -1.36. The fraction of sp³-hybridized carbons (Fsp3) is 0.583. The van der Waals surface area contributed by atoms with Gasteiger partial charge in [-0.15, -0.1) is 0 Å². The fourth-order valence-corrected chi connectivity index (χ4v) is 3.88. The maximum Gasteiger partial charge on any atom is 0.416 e. The Labute approximate surface area is 187 Å². The van der Waals surface area contributed by atoms with E-state index in [1.165, 1.54) is 6.92 Å². The Bertz CT molecular complexity index is 793. The van der Waals surface area contributed by atoms with Crippen LogP contribution in [0.1, 0.15) is 50.2 Å². The number of allylic oxidation sites excluding steroid dienone is 4. The summed E-state index contributed by atoms with van der Waals surface area (Å²) in [5.41, 5.74) is 4.74. The van der Waals surface area contributed by atoms with E-state index in [9.17, 15) is 22.0 Å². The minimum atomic E-state index is -4.69. The quantitative estimate of drug-likeness (QED) is 0.313. The molecule has 0 saturated carbocycles. The lowest BCUT2D eigenvalue weighted by atomic mass is 9.72. The third-order valence-electron chi connectivity index (χ3n) is 6.18. The Morgan fingerprint density at radius 3 is 2.25 bits per heavy atom. The van der Waals surface area contributed by atoms with E-state index in [1.54, 1.807) is 12.1 Å². The van der Waals surface area contributed by atoms with Crippen molar-refractivity contribution in [2.24, 2.45) is 11.1 Å². The van der Waals surface area contributed by atoms with E-state index in [0.29, 0.717) is 25.1 Å². The van der Waals surface area contributed by atoms with Crippen LogP contribution < -0.4 is 16.4 Å². The predicted molar refractivity (Wildman–Crippen MR) is 120 cm³/mol. The van der Waals surface area contributed by atoms with Gasteiger partial charge < -0.3 is 16.4 Å². The lowest BCUT2D eigenvalue weighted by molar-refractivity contribution is -0.0964. The van der Waals surface area contributed by atoms with Gasteiger partial charge in [0.1, 0.15) is 0 Å². The summed E-state index contributed by atoms with van der Waals surface area (Å²) in [6, 6.07) is 7.08. The minimum Gasteiger partial charge on any atom is -0.330 e. The first-order valence-corrected chi connectivity index (χ1v) is 11.0. The smallest absolute Gasteiger partial charge is 0.330 e. The number of alkyl halides is 5. The molecule has 4 N–H and O–H groups in total. The van der Waals surface area contributed by atoms with Gasteiger partial charge in [0.2, 0.25) is 0 Å². The van der Waals surface area contributed by atoms with Crippen LogP contribution in [0.25, 0.3) is 5.57 Å². The van der Waals surface area contributed by atoms with Crippen LogP contribution in [-0.4, -0.2) is 45.3 Å². The van der Waals surface area contributed by atoms with Crippen molar-refractivity contribution >= 4 is 5.57 Å². The molecule has 180 valence electrons. The van der Waals surface area contributed by atoms with Gasteiger partial charge in [0.15, 0.2) is 0 Å². The summed E-state index contributed by atoms with van der Waals surface area (Å²) in [6.45, 7) is 4.94. The second-order valence-electron chi connectivity index (χ2n) is 8.80. The highest BCUT2D eigenvalue weighted by Gasteiger charge is 2.49. The van der Waals surface area contributed by atoms with Gasteiger partial charge in [-0.1, -0.05) is 30.3 Å². The molecule has 0 spiro atoms. The van der Waals surface area contributed by atoms with Crippen molar-refractivity contribution in [2.45, 2.75) is 51.1 Å². The number of rotatable bonds is 11. The Kier molecular flexibility index (Phi) is 9.02. The predicted octanol–water partition coefficient (Wildman–Crippen LogP) is 5.26. The maximum atomic E-state index is 14.2. The van der Waals surface area contributed by atoms with Crippen LogP contribution in [0.5, 0.6) is 0 Å². The standard InChI is InChI=1S/C24H34F5N3/c1-22(23(2,25)26)14-20(13-21(15-22)24(27,28)29)18-7-5-17(6-8-18)19(16-30)9-12-32-11-4-10-31-3/h5-8,13,15,19,31-32H,4,9-12,14,16,30H2,1-3H3. The number of halogens is 5. The van der Waals surface area contributed by atoms with E-state index < -0.39 is 23.1 Å². The molecular weight excluding hydrogens is 425 g/mol. The molecule has 0 bridgehead atoms. The molecule has 1 aromatic carbocycles. The molecule has 0 fully saturated rings. The van der Waals surface area contributed by atoms with Gasteiger partial charge >= 0.3 is 6.18 Å². The Morgan fingerprint density at radius 1 is 1.06 bits per heavy atom. The summed E-state index contributed by atoms with van der Waals surface area (Å²) < 4.78 is 68.7. The van der Waals surface area contributed by atoms with E-state index >= 15 is 0 Å². The van der Waals surface area contributed by atoms with Crippen LogP contribution in [-0.2, 0) is 0 Å². The molecular formula is C24H34F5N3. The van der Waals surface area contributed by atoms with Crippen LogP contribution in [0.2, 0.25) is 0 Å². The summed E-state index contributed by atoms with van der Waals surface area (Å²) in [4.78, 5) is 0. The van der Waals surface area contributed by atoms with Gasteiger partial charge in [0.25, 0.3) is 5.92 Å². The monoisotopic (exact) mass is 459 g/mol. The number of nitrogens with two attached hydrogens (primary N) is 1. The molecule has 2 rings (SSSR count). The van der Waals surface area contributed by atoms with E-state index in [1.807, 2.05) is 19.2 Å². The van der Waals surface area contributed by atoms with Crippen molar-refractivity contribution in [2.75, 3.05) is 33.2 Å². The molecule has 1 aromatic rings. The minimum absolute atomic E-state index is 0.108. The second kappa shape index (κ2) is 10.9. The lowest BCUT2D eigenvalue weighted by Crippen LogP contribution is -2.37. The molecule has 0 heterocycles. The van der Waals surface area contributed by atoms with E-state index in [-0.39, 0.29) is 17.9 Å². The van der Waals surface area contributed by atoms with Gasteiger partial charge in [-0.25, -0.2) is 8.78 Å². The average Bonchev–Trinajstić information content (AvgIpc) is 2.72. The molecule has 2 unspecified atom stereocenters. The summed E-state index contributed by atoms with van der Waals surface area (Å²) in [5, 5.41) is 6.46. The highest BCUT2D eigenvalue weighted by molar-refractivity contribution is 5.71. The number of nitrogens with one attached hydrogen (secondary N) is 2. The van der Waals surface area contributed by atoms with Gasteiger partial charge in [0, 0.05) is 6.92 Å². The molecule has 1 aliphatic rings. The third-order valence-corrected chi connectivity index (χ3v) is 6.18. The molecule has 0 radical (unpaired) electrons. The highest BCUT2D eigenvalue weighted by Crippen LogP contribution is 2.50.